The van der Waals surface area contributed by atoms with E-state index in [9.17, 15) is 18.4 Å². The van der Waals surface area contributed by atoms with Crippen LogP contribution < -0.4 is 5.32 Å². The van der Waals surface area contributed by atoms with E-state index in [1.807, 2.05) is 12.1 Å². The zero-order valence-electron chi connectivity index (χ0n) is 15.8. The van der Waals surface area contributed by atoms with E-state index < -0.39 is 23.5 Å². The molecule has 0 bridgehead atoms. The van der Waals surface area contributed by atoms with E-state index >= 15 is 0 Å². The minimum absolute atomic E-state index is 0.0297. The summed E-state index contributed by atoms with van der Waals surface area (Å²) in [6.45, 7) is 1.67. The highest BCUT2D eigenvalue weighted by molar-refractivity contribution is 6.08. The normalized spacial score (nSPS) is 15.8. The molecule has 0 saturated heterocycles. The van der Waals surface area contributed by atoms with E-state index in [0.717, 1.165) is 17.5 Å². The molecule has 1 N–H and O–H groups in total. The van der Waals surface area contributed by atoms with Gasteiger partial charge in [0.15, 0.2) is 11.6 Å². The number of nitrogens with zero attached hydrogens (tertiary/aromatic N) is 2. The summed E-state index contributed by atoms with van der Waals surface area (Å²) in [6, 6.07) is 11.9. The summed E-state index contributed by atoms with van der Waals surface area (Å²) >= 11 is 0. The Bertz CT molecular complexity index is 1310. The lowest BCUT2D eigenvalue weighted by Gasteiger charge is -2.22. The number of carbonyl (C=O) groups excluding carboxylic acids is 2. The molecule has 1 amide bonds. The van der Waals surface area contributed by atoms with Crippen LogP contribution in [-0.2, 0) is 4.79 Å². The van der Waals surface area contributed by atoms with Crippen LogP contribution in [0.25, 0.3) is 16.7 Å². The number of rotatable bonds is 3. The Morgan fingerprint density at radius 3 is 2.77 bits per heavy atom. The maximum atomic E-state index is 14.4. The number of nitrogens with one attached hydrogen (secondary N) is 1. The van der Waals surface area contributed by atoms with Crippen molar-refractivity contribution < 1.29 is 22.8 Å². The standard InChI is InChI=1S/C22H15F2N3O3/c1-11-20-14(21(29)18-8-12-4-2-3-5-17(12)30-18)10-19(28)25-22(20)27(26-11)16-7-6-13(23)9-15(16)24/h2-9,14H,10H2,1H3,(H,25,28)/t14-/m0/s1. The number of amides is 1. The van der Waals surface area contributed by atoms with Gasteiger partial charge in [-0.1, -0.05) is 18.2 Å². The number of carbonyl (C=O) groups is 2. The summed E-state index contributed by atoms with van der Waals surface area (Å²) in [4.78, 5) is 25.6. The van der Waals surface area contributed by atoms with Gasteiger partial charge in [0.2, 0.25) is 11.7 Å². The summed E-state index contributed by atoms with van der Waals surface area (Å²) in [5.74, 6) is -2.81. The highest BCUT2D eigenvalue weighted by atomic mass is 19.1. The largest absolute Gasteiger partial charge is 0.453 e. The molecule has 0 spiro atoms. The number of hydrogen-bond acceptors (Lipinski definition) is 4. The Morgan fingerprint density at radius 1 is 1.20 bits per heavy atom. The van der Waals surface area contributed by atoms with Crippen molar-refractivity contribution in [3.8, 4) is 5.69 Å². The van der Waals surface area contributed by atoms with E-state index in [2.05, 4.69) is 10.4 Å². The number of benzene rings is 2. The maximum absolute atomic E-state index is 14.4. The Kier molecular flexibility index (Phi) is 4.02. The minimum atomic E-state index is -0.833. The van der Waals surface area contributed by atoms with Crippen molar-refractivity contribution in [2.75, 3.05) is 5.32 Å². The SMILES string of the molecule is Cc1nn(-c2ccc(F)cc2F)c2c1[C@@H](C(=O)c1cc3ccccc3o1)CC(=O)N2. The van der Waals surface area contributed by atoms with Crippen molar-refractivity contribution >= 4 is 28.5 Å². The fourth-order valence-corrected chi connectivity index (χ4v) is 3.87. The first-order valence-corrected chi connectivity index (χ1v) is 9.30. The molecule has 0 saturated carbocycles. The molecule has 3 heterocycles. The van der Waals surface area contributed by atoms with Gasteiger partial charge in [-0.25, -0.2) is 13.5 Å². The lowest BCUT2D eigenvalue weighted by atomic mass is 9.87. The van der Waals surface area contributed by atoms with Crippen LogP contribution in [0.2, 0.25) is 0 Å². The molecule has 6 nitrogen and oxygen atoms in total. The second kappa shape index (κ2) is 6.62. The molecule has 4 aromatic rings. The molecule has 1 atom stereocenters. The first-order chi connectivity index (χ1) is 14.4. The molecule has 1 aliphatic heterocycles. The number of aromatic nitrogens is 2. The van der Waals surface area contributed by atoms with Gasteiger partial charge in [-0.2, -0.15) is 5.10 Å². The minimum Gasteiger partial charge on any atom is -0.453 e. The number of aryl methyl sites for hydroxylation is 1. The number of furan rings is 1. The summed E-state index contributed by atoms with van der Waals surface area (Å²) in [5.41, 5.74) is 1.49. The third kappa shape index (κ3) is 2.80. The van der Waals surface area contributed by atoms with E-state index in [-0.39, 0.29) is 29.5 Å². The predicted octanol–water partition coefficient (Wildman–Crippen LogP) is 4.51. The predicted molar refractivity (Wildman–Crippen MR) is 105 cm³/mol. The smallest absolute Gasteiger partial charge is 0.226 e. The van der Waals surface area contributed by atoms with E-state index in [1.165, 1.54) is 10.7 Å². The van der Waals surface area contributed by atoms with Gasteiger partial charge in [0.1, 0.15) is 22.9 Å². The molecule has 2 aromatic heterocycles. The number of anilines is 1. The molecular weight excluding hydrogens is 392 g/mol. The first-order valence-electron chi connectivity index (χ1n) is 9.30. The van der Waals surface area contributed by atoms with Gasteiger partial charge in [-0.3, -0.25) is 9.59 Å². The van der Waals surface area contributed by atoms with Gasteiger partial charge in [0.05, 0.1) is 11.6 Å². The molecular formula is C22H15F2N3O3. The summed E-state index contributed by atoms with van der Waals surface area (Å²) in [6.07, 6.45) is -0.0820. The highest BCUT2D eigenvalue weighted by Gasteiger charge is 2.37. The van der Waals surface area contributed by atoms with Gasteiger partial charge in [-0.05, 0) is 31.2 Å². The van der Waals surface area contributed by atoms with Crippen LogP contribution in [0.4, 0.5) is 14.6 Å². The van der Waals surface area contributed by atoms with Crippen molar-refractivity contribution in [1.82, 2.24) is 9.78 Å². The molecule has 0 fully saturated rings. The lowest BCUT2D eigenvalue weighted by Crippen LogP contribution is -2.28. The Labute approximate surface area is 169 Å². The number of fused-ring (bicyclic) bond motifs is 2. The van der Waals surface area contributed by atoms with Crippen LogP contribution in [0, 0.1) is 18.6 Å². The Hall–Kier alpha value is -3.81. The number of halogens is 2. The first kappa shape index (κ1) is 18.2. The van der Waals surface area contributed by atoms with Crippen molar-refractivity contribution in [2.24, 2.45) is 0 Å². The number of para-hydroxylation sites is 1. The van der Waals surface area contributed by atoms with E-state index in [0.29, 0.717) is 16.8 Å². The fraction of sp³-hybridized carbons (Fsp3) is 0.136. The summed E-state index contributed by atoms with van der Waals surface area (Å²) in [5, 5.41) is 7.76. The second-order valence-electron chi connectivity index (χ2n) is 7.17. The number of hydrogen-bond donors (Lipinski definition) is 1. The van der Waals surface area contributed by atoms with Crippen LogP contribution in [-0.4, -0.2) is 21.5 Å². The van der Waals surface area contributed by atoms with Crippen LogP contribution in [0.1, 0.15) is 34.2 Å². The maximum Gasteiger partial charge on any atom is 0.226 e. The topological polar surface area (TPSA) is 77.1 Å². The van der Waals surface area contributed by atoms with Gasteiger partial charge in [-0.15, -0.1) is 0 Å². The van der Waals surface area contributed by atoms with Crippen molar-refractivity contribution in [2.45, 2.75) is 19.3 Å². The summed E-state index contributed by atoms with van der Waals surface area (Å²) in [7, 11) is 0. The number of ketones is 1. The third-order valence-corrected chi connectivity index (χ3v) is 5.23. The van der Waals surface area contributed by atoms with E-state index in [4.69, 9.17) is 4.42 Å². The average molecular weight is 407 g/mol. The molecule has 0 unspecified atom stereocenters. The zero-order valence-corrected chi connectivity index (χ0v) is 15.8. The molecule has 2 aromatic carbocycles. The third-order valence-electron chi connectivity index (χ3n) is 5.23. The van der Waals surface area contributed by atoms with Crippen molar-refractivity contribution in [3.05, 3.63) is 77.2 Å². The zero-order chi connectivity index (χ0) is 21.0. The molecule has 0 aliphatic carbocycles. The average Bonchev–Trinajstić information content (AvgIpc) is 3.28. The number of Topliss-reactive ketones (excluding diaryl/α,β-unsaturated/α-hetero) is 1. The van der Waals surface area contributed by atoms with Crippen LogP contribution in [0.3, 0.4) is 0 Å². The van der Waals surface area contributed by atoms with Gasteiger partial charge in [0, 0.05) is 23.4 Å². The molecule has 0 radical (unpaired) electrons. The van der Waals surface area contributed by atoms with Crippen molar-refractivity contribution in [3.63, 3.8) is 0 Å². The van der Waals surface area contributed by atoms with Gasteiger partial charge < -0.3 is 9.73 Å². The highest BCUT2D eigenvalue weighted by Crippen LogP contribution is 2.39. The molecule has 150 valence electrons. The fourth-order valence-electron chi connectivity index (χ4n) is 3.87. The van der Waals surface area contributed by atoms with Gasteiger partial charge in [0.25, 0.3) is 0 Å². The monoisotopic (exact) mass is 407 g/mol. The van der Waals surface area contributed by atoms with Crippen LogP contribution >= 0.6 is 0 Å². The molecule has 1 aliphatic rings. The Balaban J connectivity index is 1.62. The Morgan fingerprint density at radius 2 is 2.00 bits per heavy atom. The molecule has 30 heavy (non-hydrogen) atoms. The van der Waals surface area contributed by atoms with Crippen molar-refractivity contribution in [1.29, 1.82) is 0 Å². The quantitative estimate of drug-likeness (QED) is 0.507. The molecule has 5 rings (SSSR count). The lowest BCUT2D eigenvalue weighted by molar-refractivity contribution is -0.116. The molecule has 8 heteroatoms. The van der Waals surface area contributed by atoms with Gasteiger partial charge >= 0.3 is 0 Å². The second-order valence-corrected chi connectivity index (χ2v) is 7.17. The van der Waals surface area contributed by atoms with Crippen LogP contribution in [0.15, 0.2) is 52.9 Å². The summed E-state index contributed by atoms with van der Waals surface area (Å²) < 4.78 is 34.6. The van der Waals surface area contributed by atoms with E-state index in [1.54, 1.807) is 25.1 Å². The van der Waals surface area contributed by atoms with Crippen LogP contribution in [0.5, 0.6) is 0 Å².